The van der Waals surface area contributed by atoms with E-state index in [1.807, 2.05) is 0 Å². The summed E-state index contributed by atoms with van der Waals surface area (Å²) in [5, 5.41) is 10.3. The summed E-state index contributed by atoms with van der Waals surface area (Å²) in [5.74, 6) is 4.25. The fraction of sp³-hybridized carbons (Fsp3) is 0.857. The van der Waals surface area contributed by atoms with Crippen LogP contribution in [0.5, 0.6) is 0 Å². The molecule has 0 saturated heterocycles. The van der Waals surface area contributed by atoms with Gasteiger partial charge in [-0.05, 0) is 98.2 Å². The van der Waals surface area contributed by atoms with Crippen LogP contribution in [-0.4, -0.2) is 11.7 Å². The van der Waals surface area contributed by atoms with Crippen LogP contribution in [0.1, 0.15) is 93.4 Å². The van der Waals surface area contributed by atoms with E-state index in [1.54, 1.807) is 0 Å². The molecule has 166 valence electrons. The van der Waals surface area contributed by atoms with Crippen molar-refractivity contribution >= 4 is 0 Å². The molecule has 3 saturated carbocycles. The van der Waals surface area contributed by atoms with Crippen LogP contribution in [-0.2, 0) is 0 Å². The van der Waals surface area contributed by atoms with Crippen LogP contribution < -0.4 is 0 Å². The van der Waals surface area contributed by atoms with Crippen molar-refractivity contribution in [1.29, 1.82) is 0 Å². The van der Waals surface area contributed by atoms with Crippen molar-refractivity contribution in [2.24, 2.45) is 51.8 Å². The van der Waals surface area contributed by atoms with Gasteiger partial charge in [-0.1, -0.05) is 65.8 Å². The first-order valence-corrected chi connectivity index (χ1v) is 12.4. The molecule has 29 heavy (non-hydrogen) atoms. The predicted octanol–water partition coefficient (Wildman–Crippen LogP) is 7.66. The number of rotatable bonds is 5. The lowest BCUT2D eigenvalue weighted by molar-refractivity contribution is -0.177. The summed E-state index contributed by atoms with van der Waals surface area (Å²) < 4.78 is 0. The van der Waals surface area contributed by atoms with Crippen LogP contribution in [0.15, 0.2) is 24.3 Å². The molecule has 3 rings (SSSR count). The summed E-state index contributed by atoms with van der Waals surface area (Å²) in [6.45, 7) is 26.1. The molecule has 3 fully saturated rings. The van der Waals surface area contributed by atoms with Gasteiger partial charge in [0, 0.05) is 5.41 Å². The Bertz CT molecular complexity index is 649. The molecule has 0 radical (unpaired) electrons. The Labute approximate surface area is 181 Å². The maximum absolute atomic E-state index is 10.3. The molecule has 1 heteroatoms. The highest BCUT2D eigenvalue weighted by Crippen LogP contribution is 2.70. The van der Waals surface area contributed by atoms with Crippen LogP contribution in [0.4, 0.5) is 0 Å². The highest BCUT2D eigenvalue weighted by Gasteiger charge is 2.62. The lowest BCUT2D eigenvalue weighted by atomic mass is 9.37. The SMILES string of the molecule is C=C(C)C(C)C(C)C1CCC2C3CCC(=C)C(C)(CO)C3CCC2(C)C1(C)CC. The molecule has 0 heterocycles. The maximum atomic E-state index is 10.3. The fourth-order valence-electron chi connectivity index (χ4n) is 8.57. The Balaban J connectivity index is 1.96. The third kappa shape index (κ3) is 3.20. The molecule has 0 aromatic carbocycles. The zero-order chi connectivity index (χ0) is 21.8. The van der Waals surface area contributed by atoms with Gasteiger partial charge in [0.15, 0.2) is 0 Å². The summed E-state index contributed by atoms with van der Waals surface area (Å²) in [7, 11) is 0. The topological polar surface area (TPSA) is 20.2 Å². The van der Waals surface area contributed by atoms with Gasteiger partial charge >= 0.3 is 0 Å². The minimum atomic E-state index is -0.0640. The van der Waals surface area contributed by atoms with Crippen molar-refractivity contribution in [2.45, 2.75) is 93.4 Å². The normalized spacial score (nSPS) is 47.1. The van der Waals surface area contributed by atoms with Gasteiger partial charge in [0.05, 0.1) is 6.61 Å². The number of fused-ring (bicyclic) bond motifs is 3. The molecule has 1 nitrogen and oxygen atoms in total. The average molecular weight is 401 g/mol. The highest BCUT2D eigenvalue weighted by molar-refractivity contribution is 5.20. The zero-order valence-electron chi connectivity index (χ0n) is 20.5. The van der Waals surface area contributed by atoms with Crippen LogP contribution in [0.3, 0.4) is 0 Å². The van der Waals surface area contributed by atoms with Crippen molar-refractivity contribution in [2.75, 3.05) is 6.61 Å². The van der Waals surface area contributed by atoms with E-state index in [0.29, 0.717) is 28.6 Å². The number of aliphatic hydroxyl groups is 1. The van der Waals surface area contributed by atoms with Crippen LogP contribution in [0.2, 0.25) is 0 Å². The Morgan fingerprint density at radius 3 is 2.31 bits per heavy atom. The lowest BCUT2D eigenvalue weighted by Crippen LogP contribution is -2.60. The van der Waals surface area contributed by atoms with Gasteiger partial charge in [-0.2, -0.15) is 0 Å². The summed E-state index contributed by atoms with van der Waals surface area (Å²) in [4.78, 5) is 0. The van der Waals surface area contributed by atoms with Crippen LogP contribution in [0, 0.1) is 51.8 Å². The van der Waals surface area contributed by atoms with Crippen LogP contribution >= 0.6 is 0 Å². The van der Waals surface area contributed by atoms with Gasteiger partial charge in [-0.25, -0.2) is 0 Å². The number of aliphatic hydroxyl groups excluding tert-OH is 1. The van der Waals surface area contributed by atoms with E-state index in [1.165, 1.54) is 49.7 Å². The molecule has 0 aromatic heterocycles. The van der Waals surface area contributed by atoms with Crippen molar-refractivity contribution in [1.82, 2.24) is 0 Å². The van der Waals surface area contributed by atoms with Crippen molar-refractivity contribution in [3.05, 3.63) is 24.3 Å². The van der Waals surface area contributed by atoms with Crippen LogP contribution in [0.25, 0.3) is 0 Å². The van der Waals surface area contributed by atoms with E-state index < -0.39 is 0 Å². The molecular formula is C28H48O. The summed E-state index contributed by atoms with van der Waals surface area (Å²) >= 11 is 0. The van der Waals surface area contributed by atoms with E-state index in [2.05, 4.69) is 61.6 Å². The number of hydrogen-bond donors (Lipinski definition) is 1. The Morgan fingerprint density at radius 2 is 1.76 bits per heavy atom. The molecule has 1 N–H and O–H groups in total. The molecule has 0 amide bonds. The molecule has 9 unspecified atom stereocenters. The highest BCUT2D eigenvalue weighted by atomic mass is 16.3. The summed E-state index contributed by atoms with van der Waals surface area (Å²) in [6, 6.07) is 0. The fourth-order valence-corrected chi connectivity index (χ4v) is 8.57. The standard InChI is InChI=1S/C28H48O/c1-10-27(8)23(21(6)20(5)18(2)3)13-14-25-22-12-11-19(4)26(7,17-29)24(22)15-16-28(25,27)9/h20-25,29H,2,4,10-17H2,1,3,5-9H3. The van der Waals surface area contributed by atoms with Gasteiger partial charge < -0.3 is 5.11 Å². The largest absolute Gasteiger partial charge is 0.395 e. The minimum absolute atomic E-state index is 0.0640. The maximum Gasteiger partial charge on any atom is 0.0524 e. The lowest BCUT2D eigenvalue weighted by Gasteiger charge is -2.67. The van der Waals surface area contributed by atoms with Crippen molar-refractivity contribution in [3.8, 4) is 0 Å². The van der Waals surface area contributed by atoms with E-state index in [-0.39, 0.29) is 12.0 Å². The van der Waals surface area contributed by atoms with E-state index in [0.717, 1.165) is 24.2 Å². The zero-order valence-corrected chi connectivity index (χ0v) is 20.5. The van der Waals surface area contributed by atoms with Gasteiger partial charge in [0.2, 0.25) is 0 Å². The van der Waals surface area contributed by atoms with Gasteiger partial charge in [-0.15, -0.1) is 0 Å². The monoisotopic (exact) mass is 400 g/mol. The second-order valence-electron chi connectivity index (χ2n) is 12.0. The van der Waals surface area contributed by atoms with Gasteiger partial charge in [0.25, 0.3) is 0 Å². The van der Waals surface area contributed by atoms with Gasteiger partial charge in [-0.3, -0.25) is 0 Å². The average Bonchev–Trinajstić information content (AvgIpc) is 2.70. The second-order valence-corrected chi connectivity index (χ2v) is 12.0. The molecule has 0 bridgehead atoms. The molecule has 0 aliphatic heterocycles. The Kier molecular flexibility index (Phi) is 6.25. The third-order valence-corrected chi connectivity index (χ3v) is 11.4. The van der Waals surface area contributed by atoms with E-state index in [4.69, 9.17) is 0 Å². The molecule has 3 aliphatic carbocycles. The van der Waals surface area contributed by atoms with E-state index in [9.17, 15) is 5.11 Å². The third-order valence-electron chi connectivity index (χ3n) is 11.4. The van der Waals surface area contributed by atoms with Gasteiger partial charge in [0.1, 0.15) is 0 Å². The molecule has 3 aliphatic rings. The predicted molar refractivity (Wildman–Crippen MR) is 126 cm³/mol. The van der Waals surface area contributed by atoms with Crippen molar-refractivity contribution in [3.63, 3.8) is 0 Å². The first kappa shape index (κ1) is 23.1. The molecular weight excluding hydrogens is 352 g/mol. The number of allylic oxidation sites excluding steroid dienone is 1. The molecule has 9 atom stereocenters. The summed E-state index contributed by atoms with van der Waals surface area (Å²) in [5.41, 5.74) is 3.38. The quantitative estimate of drug-likeness (QED) is 0.470. The first-order valence-electron chi connectivity index (χ1n) is 12.4. The summed E-state index contributed by atoms with van der Waals surface area (Å²) in [6.07, 6.45) is 9.00. The minimum Gasteiger partial charge on any atom is -0.395 e. The Hall–Kier alpha value is -0.560. The number of hydrogen-bond acceptors (Lipinski definition) is 1. The first-order chi connectivity index (χ1) is 13.5. The van der Waals surface area contributed by atoms with E-state index >= 15 is 0 Å². The smallest absolute Gasteiger partial charge is 0.0524 e. The molecule has 0 aromatic rings. The second kappa shape index (κ2) is 7.85. The van der Waals surface area contributed by atoms with Crippen molar-refractivity contribution < 1.29 is 5.11 Å². The molecule has 0 spiro atoms. The Morgan fingerprint density at radius 1 is 1.10 bits per heavy atom.